The zero-order valence-corrected chi connectivity index (χ0v) is 16.3. The van der Waals surface area contributed by atoms with Gasteiger partial charge in [-0.1, -0.05) is 30.3 Å². The summed E-state index contributed by atoms with van der Waals surface area (Å²) in [5.41, 5.74) is 3.32. The number of nitrogens with one attached hydrogen (secondary N) is 2. The molecule has 2 aromatic rings. The Balaban J connectivity index is 1.91. The van der Waals surface area contributed by atoms with Crippen molar-refractivity contribution in [1.29, 1.82) is 0 Å². The lowest BCUT2D eigenvalue weighted by atomic mass is 9.86. The molecule has 27 heavy (non-hydrogen) atoms. The normalized spacial score (nSPS) is 19.6. The molecule has 3 rings (SSSR count). The summed E-state index contributed by atoms with van der Waals surface area (Å²) in [5.74, 6) is -2.08. The molecule has 1 aliphatic heterocycles. The van der Waals surface area contributed by atoms with Crippen LogP contribution in [0, 0.1) is 19.8 Å². The zero-order valence-electron chi connectivity index (χ0n) is 15.4. The highest BCUT2D eigenvalue weighted by molar-refractivity contribution is 7.90. The quantitative estimate of drug-likeness (QED) is 0.788. The fourth-order valence-corrected chi connectivity index (χ4v) is 4.18. The predicted octanol–water partition coefficient (Wildman–Crippen LogP) is 2.18. The van der Waals surface area contributed by atoms with Crippen molar-refractivity contribution in [3.05, 3.63) is 59.2 Å². The Morgan fingerprint density at radius 3 is 2.48 bits per heavy atom. The standard InChI is InChI=1S/C20H22N2O4S/c1-12-8-9-14(10-13(12)2)15-11-21-19(23)18(15)20(24)22-16-6-4-5-7-17(16)27(3,25)26/h4-10,15,18H,11H2,1-3H3,(H,21,23)(H,22,24)/t15-,18-/m1/s1. The van der Waals surface area contributed by atoms with Gasteiger partial charge in [0.25, 0.3) is 0 Å². The molecule has 1 heterocycles. The Morgan fingerprint density at radius 2 is 1.81 bits per heavy atom. The van der Waals surface area contributed by atoms with Gasteiger partial charge in [-0.05, 0) is 42.7 Å². The van der Waals surface area contributed by atoms with Crippen LogP contribution in [0.5, 0.6) is 0 Å². The second-order valence-corrected chi connectivity index (χ2v) is 8.91. The fourth-order valence-electron chi connectivity index (χ4n) is 3.33. The van der Waals surface area contributed by atoms with Crippen molar-refractivity contribution >= 4 is 27.3 Å². The molecule has 1 fully saturated rings. The van der Waals surface area contributed by atoms with Gasteiger partial charge >= 0.3 is 0 Å². The molecule has 0 bridgehead atoms. The van der Waals surface area contributed by atoms with Crippen LogP contribution >= 0.6 is 0 Å². The van der Waals surface area contributed by atoms with Crippen molar-refractivity contribution in [3.63, 3.8) is 0 Å². The number of anilines is 1. The molecular formula is C20H22N2O4S. The second kappa shape index (κ2) is 7.15. The van der Waals surface area contributed by atoms with Gasteiger partial charge in [-0.2, -0.15) is 0 Å². The molecule has 0 aliphatic carbocycles. The van der Waals surface area contributed by atoms with Gasteiger partial charge in [-0.15, -0.1) is 0 Å². The number of aryl methyl sites for hydroxylation is 2. The Kier molecular flexibility index (Phi) is 5.06. The van der Waals surface area contributed by atoms with Gasteiger partial charge in [0.1, 0.15) is 5.92 Å². The Morgan fingerprint density at radius 1 is 1.11 bits per heavy atom. The fraction of sp³-hybridized carbons (Fsp3) is 0.300. The third-order valence-corrected chi connectivity index (χ3v) is 6.12. The number of amides is 2. The minimum Gasteiger partial charge on any atom is -0.355 e. The van der Waals surface area contributed by atoms with E-state index in [9.17, 15) is 18.0 Å². The number of hydrogen-bond acceptors (Lipinski definition) is 4. The molecular weight excluding hydrogens is 364 g/mol. The van der Waals surface area contributed by atoms with E-state index < -0.39 is 21.7 Å². The number of carbonyl (C=O) groups is 2. The zero-order chi connectivity index (χ0) is 19.8. The molecule has 1 saturated heterocycles. The number of para-hydroxylation sites is 1. The molecule has 0 radical (unpaired) electrons. The third-order valence-electron chi connectivity index (χ3n) is 4.97. The van der Waals surface area contributed by atoms with Gasteiger partial charge < -0.3 is 10.6 Å². The van der Waals surface area contributed by atoms with Gasteiger partial charge in [0.05, 0.1) is 10.6 Å². The van der Waals surface area contributed by atoms with E-state index in [1.165, 1.54) is 12.1 Å². The number of sulfone groups is 1. The van der Waals surface area contributed by atoms with Gasteiger partial charge in [0, 0.05) is 18.7 Å². The van der Waals surface area contributed by atoms with Crippen molar-refractivity contribution < 1.29 is 18.0 Å². The van der Waals surface area contributed by atoms with Crippen LogP contribution in [0.25, 0.3) is 0 Å². The van der Waals surface area contributed by atoms with E-state index in [0.29, 0.717) is 6.54 Å². The summed E-state index contributed by atoms with van der Waals surface area (Å²) in [4.78, 5) is 25.2. The van der Waals surface area contributed by atoms with E-state index in [2.05, 4.69) is 10.6 Å². The maximum atomic E-state index is 12.9. The molecule has 0 unspecified atom stereocenters. The van der Waals surface area contributed by atoms with Gasteiger partial charge in [0.2, 0.25) is 11.8 Å². The van der Waals surface area contributed by atoms with E-state index in [1.54, 1.807) is 12.1 Å². The maximum absolute atomic E-state index is 12.9. The van der Waals surface area contributed by atoms with Crippen LogP contribution in [-0.4, -0.2) is 33.0 Å². The summed E-state index contributed by atoms with van der Waals surface area (Å²) < 4.78 is 23.9. The Hall–Kier alpha value is -2.67. The topological polar surface area (TPSA) is 92.3 Å². The first-order valence-corrected chi connectivity index (χ1v) is 10.5. The second-order valence-electron chi connectivity index (χ2n) is 6.93. The minimum absolute atomic E-state index is 0.0273. The SMILES string of the molecule is Cc1ccc([C@H]2CNC(=O)[C@@H]2C(=O)Nc2ccccc2S(C)(=O)=O)cc1C. The predicted molar refractivity (Wildman–Crippen MR) is 103 cm³/mol. The average Bonchev–Trinajstić information content (AvgIpc) is 2.98. The molecule has 2 atom stereocenters. The van der Waals surface area contributed by atoms with E-state index in [1.807, 2.05) is 32.0 Å². The average molecular weight is 386 g/mol. The van der Waals surface area contributed by atoms with Crippen LogP contribution in [-0.2, 0) is 19.4 Å². The highest BCUT2D eigenvalue weighted by Crippen LogP contribution is 2.32. The van der Waals surface area contributed by atoms with Crippen LogP contribution in [0.1, 0.15) is 22.6 Å². The van der Waals surface area contributed by atoms with E-state index in [0.717, 1.165) is 22.9 Å². The summed E-state index contributed by atoms with van der Waals surface area (Å²) >= 11 is 0. The van der Waals surface area contributed by atoms with Crippen molar-refractivity contribution in [1.82, 2.24) is 5.32 Å². The maximum Gasteiger partial charge on any atom is 0.237 e. The first kappa shape index (κ1) is 19.1. The molecule has 0 aromatic heterocycles. The van der Waals surface area contributed by atoms with Gasteiger partial charge in [-0.25, -0.2) is 8.42 Å². The molecule has 6 nitrogen and oxygen atoms in total. The number of carbonyl (C=O) groups excluding carboxylic acids is 2. The Bertz CT molecular complexity index is 1010. The lowest BCUT2D eigenvalue weighted by Crippen LogP contribution is -2.32. The summed E-state index contributed by atoms with van der Waals surface area (Å²) in [6, 6.07) is 12.1. The summed E-state index contributed by atoms with van der Waals surface area (Å²) in [6.07, 6.45) is 1.08. The number of hydrogen-bond donors (Lipinski definition) is 2. The van der Waals surface area contributed by atoms with Crippen LogP contribution < -0.4 is 10.6 Å². The monoisotopic (exact) mass is 386 g/mol. The first-order valence-electron chi connectivity index (χ1n) is 8.63. The number of benzene rings is 2. The van der Waals surface area contributed by atoms with Crippen LogP contribution in [0.3, 0.4) is 0 Å². The lowest BCUT2D eigenvalue weighted by molar-refractivity contribution is -0.130. The lowest BCUT2D eigenvalue weighted by Gasteiger charge is -2.19. The smallest absolute Gasteiger partial charge is 0.237 e. The number of rotatable bonds is 4. The van der Waals surface area contributed by atoms with Gasteiger partial charge in [0.15, 0.2) is 9.84 Å². The molecule has 7 heteroatoms. The van der Waals surface area contributed by atoms with E-state index in [4.69, 9.17) is 0 Å². The highest BCUT2D eigenvalue weighted by atomic mass is 32.2. The molecule has 2 N–H and O–H groups in total. The van der Waals surface area contributed by atoms with Gasteiger partial charge in [-0.3, -0.25) is 9.59 Å². The van der Waals surface area contributed by atoms with E-state index in [-0.39, 0.29) is 22.4 Å². The van der Waals surface area contributed by atoms with Crippen LogP contribution in [0.15, 0.2) is 47.4 Å². The van der Waals surface area contributed by atoms with E-state index >= 15 is 0 Å². The molecule has 142 valence electrons. The molecule has 2 amide bonds. The minimum atomic E-state index is -3.51. The third kappa shape index (κ3) is 3.88. The Labute approximate surface area is 158 Å². The largest absolute Gasteiger partial charge is 0.355 e. The first-order chi connectivity index (χ1) is 12.7. The molecule has 0 saturated carbocycles. The van der Waals surface area contributed by atoms with Crippen molar-refractivity contribution in [2.45, 2.75) is 24.7 Å². The van der Waals surface area contributed by atoms with Crippen molar-refractivity contribution in [2.24, 2.45) is 5.92 Å². The molecule has 2 aromatic carbocycles. The van der Waals surface area contributed by atoms with Crippen LogP contribution in [0.2, 0.25) is 0 Å². The van der Waals surface area contributed by atoms with Crippen molar-refractivity contribution in [3.8, 4) is 0 Å². The van der Waals surface area contributed by atoms with Crippen molar-refractivity contribution in [2.75, 3.05) is 18.1 Å². The summed E-state index contributed by atoms with van der Waals surface area (Å²) in [6.45, 7) is 4.36. The molecule has 1 aliphatic rings. The van der Waals surface area contributed by atoms with Crippen LogP contribution in [0.4, 0.5) is 5.69 Å². The summed E-state index contributed by atoms with van der Waals surface area (Å²) in [7, 11) is -3.51. The highest BCUT2D eigenvalue weighted by Gasteiger charge is 2.41. The summed E-state index contributed by atoms with van der Waals surface area (Å²) in [5, 5.41) is 5.38. The molecule has 0 spiro atoms.